The van der Waals surface area contributed by atoms with Crippen molar-refractivity contribution in [3.8, 4) is 11.5 Å². The third-order valence-corrected chi connectivity index (χ3v) is 7.68. The number of halogens is 1. The average Bonchev–Trinajstić information content (AvgIpc) is 3.20. The lowest BCUT2D eigenvalue weighted by Gasteiger charge is -2.29. The molecule has 1 N–H and O–H groups in total. The van der Waals surface area contributed by atoms with E-state index < -0.39 is 15.9 Å². The highest BCUT2D eigenvalue weighted by atomic mass is 35.5. The Morgan fingerprint density at radius 3 is 2.63 bits per heavy atom. The van der Waals surface area contributed by atoms with Crippen LogP contribution in [0, 0.1) is 5.92 Å². The molecule has 1 amide bonds. The Kier molecular flexibility index (Phi) is 5.90. The summed E-state index contributed by atoms with van der Waals surface area (Å²) in [5.74, 6) is 1.36. The van der Waals surface area contributed by atoms with Crippen LogP contribution >= 0.6 is 11.6 Å². The van der Waals surface area contributed by atoms with E-state index in [4.69, 9.17) is 21.1 Å². The third kappa shape index (κ3) is 4.26. The monoisotopic (exact) mass is 450 g/mol. The van der Waals surface area contributed by atoms with Crippen LogP contribution in [0.2, 0.25) is 5.02 Å². The molecular weight excluding hydrogens is 428 g/mol. The van der Waals surface area contributed by atoms with Crippen molar-refractivity contribution in [2.24, 2.45) is 5.92 Å². The number of carbonyl (C=O) groups is 1. The summed E-state index contributed by atoms with van der Waals surface area (Å²) in [5.41, 5.74) is 0.957. The lowest BCUT2D eigenvalue weighted by Crippen LogP contribution is -2.38. The van der Waals surface area contributed by atoms with Crippen LogP contribution in [0.1, 0.15) is 35.7 Å². The molecule has 2 aliphatic rings. The number of piperidine rings is 1. The maximum absolute atomic E-state index is 13.0. The second-order valence-corrected chi connectivity index (χ2v) is 9.94. The van der Waals surface area contributed by atoms with Crippen LogP contribution in [-0.2, 0) is 16.6 Å². The van der Waals surface area contributed by atoms with Crippen molar-refractivity contribution in [1.82, 2.24) is 9.62 Å². The molecule has 0 atom stereocenters. The van der Waals surface area contributed by atoms with Gasteiger partial charge in [-0.3, -0.25) is 4.79 Å². The molecule has 4 rings (SSSR count). The number of sulfonamides is 1. The summed E-state index contributed by atoms with van der Waals surface area (Å²) in [6, 6.07) is 9.66. The molecular formula is C21H23ClN2O5S. The Hall–Kier alpha value is -2.29. The fraction of sp³-hybridized carbons (Fsp3) is 0.381. The molecule has 160 valence electrons. The highest BCUT2D eigenvalue weighted by Crippen LogP contribution is 2.32. The smallest absolute Gasteiger partial charge is 0.253 e. The minimum Gasteiger partial charge on any atom is -0.454 e. The Balaban J connectivity index is 1.49. The fourth-order valence-corrected chi connectivity index (χ4v) is 5.24. The van der Waals surface area contributed by atoms with E-state index in [9.17, 15) is 13.2 Å². The van der Waals surface area contributed by atoms with Crippen molar-refractivity contribution in [1.29, 1.82) is 0 Å². The summed E-state index contributed by atoms with van der Waals surface area (Å²) < 4.78 is 38.1. The quantitative estimate of drug-likeness (QED) is 0.754. The van der Waals surface area contributed by atoms with E-state index in [-0.39, 0.29) is 28.8 Å². The number of benzene rings is 2. The van der Waals surface area contributed by atoms with Gasteiger partial charge in [-0.1, -0.05) is 24.6 Å². The van der Waals surface area contributed by atoms with Crippen molar-refractivity contribution < 1.29 is 22.7 Å². The zero-order valence-electron chi connectivity index (χ0n) is 16.6. The van der Waals surface area contributed by atoms with Gasteiger partial charge in [0.25, 0.3) is 5.91 Å². The second kappa shape index (κ2) is 8.45. The number of carbonyl (C=O) groups excluding carboxylic acids is 1. The summed E-state index contributed by atoms with van der Waals surface area (Å²) in [4.78, 5) is 12.8. The zero-order chi connectivity index (χ0) is 21.3. The van der Waals surface area contributed by atoms with Crippen LogP contribution in [0.15, 0.2) is 41.3 Å². The third-order valence-electron chi connectivity index (χ3n) is 5.45. The molecule has 0 bridgehead atoms. The molecule has 0 radical (unpaired) electrons. The van der Waals surface area contributed by atoms with E-state index in [0.29, 0.717) is 30.5 Å². The van der Waals surface area contributed by atoms with Gasteiger partial charge >= 0.3 is 0 Å². The second-order valence-electron chi connectivity index (χ2n) is 7.60. The van der Waals surface area contributed by atoms with Crippen LogP contribution in [0.4, 0.5) is 0 Å². The Morgan fingerprint density at radius 2 is 1.87 bits per heavy atom. The molecule has 9 heteroatoms. The largest absolute Gasteiger partial charge is 0.454 e. The highest BCUT2D eigenvalue weighted by molar-refractivity contribution is 7.89. The van der Waals surface area contributed by atoms with E-state index in [0.717, 1.165) is 18.4 Å². The first-order valence-electron chi connectivity index (χ1n) is 9.81. The first-order valence-corrected chi connectivity index (χ1v) is 11.6. The molecule has 7 nitrogen and oxygen atoms in total. The van der Waals surface area contributed by atoms with Gasteiger partial charge in [-0.2, -0.15) is 4.31 Å². The van der Waals surface area contributed by atoms with E-state index in [1.807, 2.05) is 6.07 Å². The molecule has 1 fully saturated rings. The number of hydrogen-bond donors (Lipinski definition) is 1. The lowest BCUT2D eigenvalue weighted by molar-refractivity contribution is 0.0950. The van der Waals surface area contributed by atoms with Gasteiger partial charge in [0.05, 0.1) is 15.5 Å². The number of nitrogens with zero attached hydrogens (tertiary/aromatic N) is 1. The molecule has 0 aromatic heterocycles. The van der Waals surface area contributed by atoms with Crippen molar-refractivity contribution in [3.63, 3.8) is 0 Å². The molecule has 2 aromatic rings. The maximum Gasteiger partial charge on any atom is 0.253 e. The molecule has 2 heterocycles. The van der Waals surface area contributed by atoms with Gasteiger partial charge in [0, 0.05) is 19.6 Å². The van der Waals surface area contributed by atoms with Gasteiger partial charge in [-0.15, -0.1) is 0 Å². The fourth-order valence-electron chi connectivity index (χ4n) is 3.54. The predicted molar refractivity (Wildman–Crippen MR) is 112 cm³/mol. The molecule has 2 aliphatic heterocycles. The summed E-state index contributed by atoms with van der Waals surface area (Å²) in [7, 11) is -3.67. The van der Waals surface area contributed by atoms with Crippen molar-refractivity contribution >= 4 is 27.5 Å². The van der Waals surface area contributed by atoms with Crippen molar-refractivity contribution in [2.45, 2.75) is 31.2 Å². The topological polar surface area (TPSA) is 84.9 Å². The Bertz CT molecular complexity index is 1070. The minimum atomic E-state index is -3.67. The lowest BCUT2D eigenvalue weighted by atomic mass is 10.0. The molecule has 0 aliphatic carbocycles. The first-order chi connectivity index (χ1) is 14.3. The van der Waals surface area contributed by atoms with Gasteiger partial charge in [-0.25, -0.2) is 8.42 Å². The molecule has 1 saturated heterocycles. The standard InChI is InChI=1S/C21H23ClN2O5S/c1-14-6-8-24(9-7-14)30(26,27)16-3-4-18(22)17(11-16)21(25)23-12-15-2-5-19-20(10-15)29-13-28-19/h2-5,10-11,14H,6-9,12-13H2,1H3,(H,23,25). The zero-order valence-corrected chi connectivity index (χ0v) is 18.1. The summed E-state index contributed by atoms with van der Waals surface area (Å²) in [6.07, 6.45) is 1.66. The van der Waals surface area contributed by atoms with E-state index >= 15 is 0 Å². The van der Waals surface area contributed by atoms with E-state index in [2.05, 4.69) is 12.2 Å². The summed E-state index contributed by atoms with van der Waals surface area (Å²) in [5, 5.41) is 2.98. The number of rotatable bonds is 5. The maximum atomic E-state index is 13.0. The minimum absolute atomic E-state index is 0.0784. The van der Waals surface area contributed by atoms with Crippen LogP contribution in [-0.4, -0.2) is 38.5 Å². The number of hydrogen-bond acceptors (Lipinski definition) is 5. The van der Waals surface area contributed by atoms with Gasteiger partial charge in [0.2, 0.25) is 16.8 Å². The van der Waals surface area contributed by atoms with Gasteiger partial charge in [-0.05, 0) is 54.7 Å². The Labute approximate surface area is 181 Å². The van der Waals surface area contributed by atoms with Crippen LogP contribution in [0.25, 0.3) is 0 Å². The summed E-state index contributed by atoms with van der Waals surface area (Å²) in [6.45, 7) is 3.51. The van der Waals surface area contributed by atoms with Gasteiger partial charge in [0.15, 0.2) is 11.5 Å². The highest BCUT2D eigenvalue weighted by Gasteiger charge is 2.29. The van der Waals surface area contributed by atoms with Gasteiger partial charge < -0.3 is 14.8 Å². The average molecular weight is 451 g/mol. The number of ether oxygens (including phenoxy) is 2. The molecule has 2 aromatic carbocycles. The van der Waals surface area contributed by atoms with Crippen LogP contribution in [0.5, 0.6) is 11.5 Å². The molecule has 0 saturated carbocycles. The summed E-state index contributed by atoms with van der Waals surface area (Å²) >= 11 is 6.20. The first kappa shape index (κ1) is 21.0. The number of nitrogens with one attached hydrogen (secondary N) is 1. The van der Waals surface area contributed by atoms with Crippen molar-refractivity contribution in [2.75, 3.05) is 19.9 Å². The molecule has 30 heavy (non-hydrogen) atoms. The van der Waals surface area contributed by atoms with Crippen LogP contribution < -0.4 is 14.8 Å². The van der Waals surface area contributed by atoms with Gasteiger partial charge in [0.1, 0.15) is 0 Å². The molecule has 0 unspecified atom stereocenters. The predicted octanol–water partition coefficient (Wildman–Crippen LogP) is 3.42. The van der Waals surface area contributed by atoms with E-state index in [1.165, 1.54) is 22.5 Å². The van der Waals surface area contributed by atoms with E-state index in [1.54, 1.807) is 12.1 Å². The Morgan fingerprint density at radius 1 is 1.13 bits per heavy atom. The van der Waals surface area contributed by atoms with Crippen LogP contribution in [0.3, 0.4) is 0 Å². The van der Waals surface area contributed by atoms with Crippen molar-refractivity contribution in [3.05, 3.63) is 52.5 Å². The normalized spacial score (nSPS) is 17.1. The molecule has 0 spiro atoms. The number of fused-ring (bicyclic) bond motifs is 1. The SMILES string of the molecule is CC1CCN(S(=O)(=O)c2ccc(Cl)c(C(=O)NCc3ccc4c(c3)OCO4)c2)CC1. The number of amides is 1.